The molecule has 128 valence electrons. The Kier molecular flexibility index (Phi) is 3.81. The van der Waals surface area contributed by atoms with Crippen LogP contribution in [0.15, 0.2) is 0 Å². The van der Waals surface area contributed by atoms with Gasteiger partial charge < -0.3 is 21.5 Å². The molecule has 7 fully saturated rings. The van der Waals surface area contributed by atoms with Crippen LogP contribution in [0.4, 0.5) is 0 Å². The molecule has 7 aliphatic rings. The zero-order chi connectivity index (χ0) is 14.9. The van der Waals surface area contributed by atoms with E-state index in [2.05, 4.69) is 0 Å². The van der Waals surface area contributed by atoms with Crippen molar-refractivity contribution in [1.82, 2.24) is 0 Å². The third-order valence-electron chi connectivity index (χ3n) is 7.96. The normalized spacial score (nSPS) is 50.0. The number of nitrogens with zero attached hydrogens (tertiary/aromatic N) is 1. The number of fused-ring (bicyclic) bond motifs is 3. The standard InChI is InChI=1S/C19H28NO2.BrH/c21-17-11-20(3-1-16(17)2-4-20)12-18(22)19-8-13-5-14(9-19)7-15(6-13)10-19;/h13-16H,1-12H2;1H/q+1;/p-1. The van der Waals surface area contributed by atoms with E-state index < -0.39 is 0 Å². The van der Waals surface area contributed by atoms with Gasteiger partial charge in [0.15, 0.2) is 11.6 Å². The van der Waals surface area contributed by atoms with Crippen molar-refractivity contribution in [3.05, 3.63) is 0 Å². The van der Waals surface area contributed by atoms with E-state index in [-0.39, 0.29) is 22.4 Å². The highest BCUT2D eigenvalue weighted by atomic mass is 79.9. The van der Waals surface area contributed by atoms with Crippen LogP contribution in [-0.2, 0) is 9.59 Å². The Morgan fingerprint density at radius 1 is 1.00 bits per heavy atom. The molecule has 7 rings (SSSR count). The smallest absolute Gasteiger partial charge is 0.193 e. The van der Waals surface area contributed by atoms with Crippen molar-refractivity contribution in [1.29, 1.82) is 0 Å². The zero-order valence-electron chi connectivity index (χ0n) is 13.9. The Morgan fingerprint density at radius 3 is 2.00 bits per heavy atom. The number of Topliss-reactive ketones (excluding diaryl/α,β-unsaturated/α-hetero) is 2. The summed E-state index contributed by atoms with van der Waals surface area (Å²) in [7, 11) is 0. The third kappa shape index (κ3) is 2.47. The van der Waals surface area contributed by atoms with E-state index in [1.165, 1.54) is 38.5 Å². The van der Waals surface area contributed by atoms with Gasteiger partial charge in [0.05, 0.1) is 13.1 Å². The summed E-state index contributed by atoms with van der Waals surface area (Å²) in [5.41, 5.74) is 0.0269. The van der Waals surface area contributed by atoms with Crippen LogP contribution in [0, 0.1) is 29.1 Å². The highest BCUT2D eigenvalue weighted by molar-refractivity contribution is 5.87. The molecule has 0 atom stereocenters. The van der Waals surface area contributed by atoms with E-state index in [9.17, 15) is 9.59 Å². The molecule has 4 aliphatic carbocycles. The van der Waals surface area contributed by atoms with Crippen LogP contribution >= 0.6 is 0 Å². The average molecular weight is 382 g/mol. The first-order chi connectivity index (χ1) is 10.6. The maximum absolute atomic E-state index is 13.3. The Balaban J connectivity index is 0.00000135. The first kappa shape index (κ1) is 16.3. The highest BCUT2D eigenvalue weighted by Crippen LogP contribution is 2.60. The Morgan fingerprint density at radius 2 is 1.52 bits per heavy atom. The molecule has 3 heterocycles. The average Bonchev–Trinajstić information content (AvgIpc) is 2.46. The fourth-order valence-electron chi connectivity index (χ4n) is 7.19. The lowest BCUT2D eigenvalue weighted by Crippen LogP contribution is -3.00. The summed E-state index contributed by atoms with van der Waals surface area (Å²) >= 11 is 0. The van der Waals surface area contributed by atoms with E-state index in [0.717, 1.165) is 48.2 Å². The van der Waals surface area contributed by atoms with E-state index >= 15 is 0 Å². The number of hydrogen-bond acceptors (Lipinski definition) is 2. The summed E-state index contributed by atoms with van der Waals surface area (Å²) in [6.45, 7) is 3.48. The number of hydrogen-bond donors (Lipinski definition) is 0. The predicted octanol–water partition coefficient (Wildman–Crippen LogP) is -0.415. The van der Waals surface area contributed by atoms with Gasteiger partial charge in [0.1, 0.15) is 13.1 Å². The SMILES string of the molecule is O=C1C[N+]2(CC(=O)C34CC5CC(CC(C5)C3)C4)CCC1CC2.[Br-]. The number of rotatable bonds is 3. The maximum Gasteiger partial charge on any atom is 0.193 e. The van der Waals surface area contributed by atoms with Crippen LogP contribution in [0.5, 0.6) is 0 Å². The van der Waals surface area contributed by atoms with Crippen LogP contribution in [0.3, 0.4) is 0 Å². The summed E-state index contributed by atoms with van der Waals surface area (Å²) in [5.74, 6) is 3.82. The van der Waals surface area contributed by atoms with Gasteiger partial charge in [-0.05, 0) is 56.3 Å². The lowest BCUT2D eigenvalue weighted by Gasteiger charge is -2.57. The first-order valence-electron chi connectivity index (χ1n) is 9.47. The topological polar surface area (TPSA) is 34.1 Å². The summed E-state index contributed by atoms with van der Waals surface area (Å²) < 4.78 is 0.815. The lowest BCUT2D eigenvalue weighted by molar-refractivity contribution is -0.924. The Hall–Kier alpha value is -0.220. The first-order valence-corrected chi connectivity index (χ1v) is 9.47. The van der Waals surface area contributed by atoms with E-state index in [1.807, 2.05) is 0 Å². The molecule has 0 aromatic rings. The fraction of sp³-hybridized carbons (Fsp3) is 0.895. The van der Waals surface area contributed by atoms with Gasteiger partial charge in [-0.1, -0.05) is 0 Å². The van der Waals surface area contributed by atoms with Crippen LogP contribution in [0.2, 0.25) is 0 Å². The predicted molar refractivity (Wildman–Crippen MR) is 83.1 cm³/mol. The van der Waals surface area contributed by atoms with Gasteiger partial charge in [0.2, 0.25) is 0 Å². The van der Waals surface area contributed by atoms with Crippen LogP contribution in [0.1, 0.15) is 51.4 Å². The summed E-state index contributed by atoms with van der Waals surface area (Å²) in [4.78, 5) is 25.5. The van der Waals surface area contributed by atoms with E-state index in [4.69, 9.17) is 0 Å². The van der Waals surface area contributed by atoms with Gasteiger partial charge >= 0.3 is 0 Å². The van der Waals surface area contributed by atoms with E-state index in [1.54, 1.807) is 0 Å². The molecule has 0 amide bonds. The number of carbonyl (C=O) groups is 2. The molecule has 4 saturated carbocycles. The molecule has 0 aromatic heterocycles. The number of carbonyl (C=O) groups excluding carboxylic acids is 2. The second-order valence-corrected chi connectivity index (χ2v) is 9.47. The van der Waals surface area contributed by atoms with Crippen LogP contribution < -0.4 is 17.0 Å². The van der Waals surface area contributed by atoms with Gasteiger partial charge in [-0.3, -0.25) is 9.59 Å². The van der Waals surface area contributed by atoms with Crippen molar-refractivity contribution in [2.75, 3.05) is 26.2 Å². The van der Waals surface area contributed by atoms with Crippen molar-refractivity contribution >= 4 is 11.6 Å². The Bertz CT molecular complexity index is 500. The maximum atomic E-state index is 13.3. The molecule has 0 unspecified atom stereocenters. The van der Waals surface area contributed by atoms with Gasteiger partial charge in [-0.25, -0.2) is 0 Å². The van der Waals surface area contributed by atoms with Crippen molar-refractivity contribution < 1.29 is 31.1 Å². The van der Waals surface area contributed by atoms with Crippen LogP contribution in [-0.4, -0.2) is 42.2 Å². The second kappa shape index (κ2) is 5.39. The van der Waals surface area contributed by atoms with E-state index in [0.29, 0.717) is 30.6 Å². The monoisotopic (exact) mass is 381 g/mol. The molecule has 3 saturated heterocycles. The quantitative estimate of drug-likeness (QED) is 0.622. The largest absolute Gasteiger partial charge is 1.00 e. The molecule has 0 spiro atoms. The minimum Gasteiger partial charge on any atom is -1.00 e. The summed E-state index contributed by atoms with van der Waals surface area (Å²) in [6, 6.07) is 0. The highest BCUT2D eigenvalue weighted by Gasteiger charge is 2.56. The van der Waals surface area contributed by atoms with Gasteiger partial charge in [-0.2, -0.15) is 0 Å². The van der Waals surface area contributed by atoms with Crippen molar-refractivity contribution in [3.8, 4) is 0 Å². The summed E-state index contributed by atoms with van der Waals surface area (Å²) in [5, 5.41) is 0. The summed E-state index contributed by atoms with van der Waals surface area (Å²) in [6.07, 6.45) is 9.78. The van der Waals surface area contributed by atoms with Crippen LogP contribution in [0.25, 0.3) is 0 Å². The minimum atomic E-state index is 0. The second-order valence-electron chi connectivity index (χ2n) is 9.47. The van der Waals surface area contributed by atoms with Crippen molar-refractivity contribution in [2.45, 2.75) is 51.4 Å². The fourth-order valence-corrected chi connectivity index (χ4v) is 7.19. The van der Waals surface area contributed by atoms with Gasteiger partial charge in [0, 0.05) is 24.2 Å². The minimum absolute atomic E-state index is 0. The number of quaternary nitrogens is 1. The number of halogens is 1. The Labute approximate surface area is 149 Å². The molecule has 23 heavy (non-hydrogen) atoms. The third-order valence-corrected chi connectivity index (χ3v) is 7.96. The molecule has 0 aromatic carbocycles. The lowest BCUT2D eigenvalue weighted by atomic mass is 9.48. The molecule has 6 bridgehead atoms. The molecule has 4 heteroatoms. The van der Waals surface area contributed by atoms with Crippen molar-refractivity contribution in [3.63, 3.8) is 0 Å². The zero-order valence-corrected chi connectivity index (χ0v) is 15.5. The molecule has 3 nitrogen and oxygen atoms in total. The van der Waals surface area contributed by atoms with Gasteiger partial charge in [0.25, 0.3) is 0 Å². The molecular weight excluding hydrogens is 354 g/mol. The molecule has 3 aliphatic heterocycles. The molecule has 0 N–H and O–H groups in total. The number of piperidine rings is 3. The molecule has 0 radical (unpaired) electrons. The van der Waals surface area contributed by atoms with Gasteiger partial charge in [-0.15, -0.1) is 0 Å². The van der Waals surface area contributed by atoms with Crippen molar-refractivity contribution in [2.24, 2.45) is 29.1 Å². The molecular formula is C19H28BrNO2. The number of ketones is 2.